The fourth-order valence-electron chi connectivity index (χ4n) is 3.93. The van der Waals surface area contributed by atoms with Crippen LogP contribution in [0.4, 0.5) is 0 Å². The van der Waals surface area contributed by atoms with Crippen molar-refractivity contribution >= 4 is 5.91 Å². The van der Waals surface area contributed by atoms with E-state index in [0.717, 1.165) is 37.1 Å². The Morgan fingerprint density at radius 2 is 2.00 bits per heavy atom. The van der Waals surface area contributed by atoms with Gasteiger partial charge in [-0.25, -0.2) is 0 Å². The third kappa shape index (κ3) is 2.74. The maximum Gasteiger partial charge on any atom is 0.223 e. The first-order valence-electron chi connectivity index (χ1n) is 8.10. The standard InChI is InChI=1S/C18H22N2O3/c1-22-15-10-13-7-9-20-17(21)6-5-12(4-3-8-19)18(20)14(13)11-16(15)23-2/h10-12,18H,3-7,9H2,1-2H3/t12-,18+/m0/s1. The van der Waals surface area contributed by atoms with Gasteiger partial charge in [-0.1, -0.05) is 0 Å². The summed E-state index contributed by atoms with van der Waals surface area (Å²) in [7, 11) is 3.27. The number of hydrogen-bond donors (Lipinski definition) is 0. The Hall–Kier alpha value is -2.22. The maximum absolute atomic E-state index is 12.3. The second kappa shape index (κ2) is 6.49. The van der Waals surface area contributed by atoms with E-state index in [1.165, 1.54) is 5.56 Å². The van der Waals surface area contributed by atoms with E-state index in [9.17, 15) is 4.79 Å². The molecule has 0 unspecified atom stereocenters. The van der Waals surface area contributed by atoms with Crippen LogP contribution < -0.4 is 9.47 Å². The van der Waals surface area contributed by atoms with E-state index in [2.05, 4.69) is 6.07 Å². The lowest BCUT2D eigenvalue weighted by Crippen LogP contribution is -2.46. The van der Waals surface area contributed by atoms with E-state index in [1.807, 2.05) is 17.0 Å². The fraction of sp³-hybridized carbons (Fsp3) is 0.556. The minimum absolute atomic E-state index is 0.0631. The number of benzene rings is 1. The van der Waals surface area contributed by atoms with E-state index in [0.29, 0.717) is 24.5 Å². The number of amides is 1. The van der Waals surface area contributed by atoms with Crippen molar-refractivity contribution in [1.29, 1.82) is 5.26 Å². The average Bonchev–Trinajstić information content (AvgIpc) is 2.59. The number of carbonyl (C=O) groups excluding carboxylic acids is 1. The molecule has 5 nitrogen and oxygen atoms in total. The van der Waals surface area contributed by atoms with Crippen molar-refractivity contribution in [2.45, 2.75) is 38.1 Å². The van der Waals surface area contributed by atoms with Gasteiger partial charge in [0, 0.05) is 19.4 Å². The number of methoxy groups -OCH3 is 2. The molecule has 1 fully saturated rings. The molecule has 0 N–H and O–H groups in total. The minimum atomic E-state index is 0.0631. The first-order valence-corrected chi connectivity index (χ1v) is 8.10. The highest BCUT2D eigenvalue weighted by Crippen LogP contribution is 2.45. The predicted molar refractivity (Wildman–Crippen MR) is 85.3 cm³/mol. The highest BCUT2D eigenvalue weighted by molar-refractivity contribution is 5.78. The molecule has 23 heavy (non-hydrogen) atoms. The largest absolute Gasteiger partial charge is 0.493 e. The van der Waals surface area contributed by atoms with Gasteiger partial charge in [-0.2, -0.15) is 5.26 Å². The van der Waals surface area contributed by atoms with Crippen molar-refractivity contribution in [3.05, 3.63) is 23.3 Å². The van der Waals surface area contributed by atoms with Crippen LogP contribution in [-0.2, 0) is 11.2 Å². The fourth-order valence-corrected chi connectivity index (χ4v) is 3.93. The second-order valence-electron chi connectivity index (χ2n) is 6.18. The number of nitriles is 1. The Morgan fingerprint density at radius 1 is 1.26 bits per heavy atom. The lowest BCUT2D eigenvalue weighted by molar-refractivity contribution is -0.139. The van der Waals surface area contributed by atoms with Crippen LogP contribution in [0.2, 0.25) is 0 Å². The molecule has 3 rings (SSSR count). The molecule has 122 valence electrons. The van der Waals surface area contributed by atoms with Crippen LogP contribution in [-0.4, -0.2) is 31.6 Å². The smallest absolute Gasteiger partial charge is 0.223 e. The SMILES string of the molecule is COc1cc2c(cc1OC)[C@H]1[C@@H](CCC#N)CCC(=O)N1CC2. The Labute approximate surface area is 136 Å². The quantitative estimate of drug-likeness (QED) is 0.857. The van der Waals surface area contributed by atoms with E-state index in [-0.39, 0.29) is 11.9 Å². The van der Waals surface area contributed by atoms with E-state index >= 15 is 0 Å². The number of rotatable bonds is 4. The van der Waals surface area contributed by atoms with Gasteiger partial charge in [-0.3, -0.25) is 4.79 Å². The number of fused-ring (bicyclic) bond motifs is 3. The zero-order chi connectivity index (χ0) is 16.4. The highest BCUT2D eigenvalue weighted by atomic mass is 16.5. The summed E-state index contributed by atoms with van der Waals surface area (Å²) in [5.41, 5.74) is 2.38. The molecule has 0 bridgehead atoms. The lowest BCUT2D eigenvalue weighted by Gasteiger charge is -2.45. The van der Waals surface area contributed by atoms with Crippen molar-refractivity contribution in [2.24, 2.45) is 5.92 Å². The van der Waals surface area contributed by atoms with Crippen LogP contribution in [0, 0.1) is 17.2 Å². The topological polar surface area (TPSA) is 62.6 Å². The third-order valence-electron chi connectivity index (χ3n) is 5.04. The summed E-state index contributed by atoms with van der Waals surface area (Å²) >= 11 is 0. The van der Waals surface area contributed by atoms with Gasteiger partial charge >= 0.3 is 0 Å². The van der Waals surface area contributed by atoms with Gasteiger partial charge in [-0.15, -0.1) is 0 Å². The first kappa shape index (κ1) is 15.7. The molecule has 0 aliphatic carbocycles. The number of nitrogens with zero attached hydrogens (tertiary/aromatic N) is 2. The normalized spacial score (nSPS) is 22.8. The van der Waals surface area contributed by atoms with Crippen molar-refractivity contribution in [3.63, 3.8) is 0 Å². The molecule has 1 aromatic rings. The van der Waals surface area contributed by atoms with Gasteiger partial charge in [0.05, 0.1) is 26.3 Å². The van der Waals surface area contributed by atoms with Crippen LogP contribution >= 0.6 is 0 Å². The second-order valence-corrected chi connectivity index (χ2v) is 6.18. The number of carbonyl (C=O) groups is 1. The van der Waals surface area contributed by atoms with Gasteiger partial charge in [0.2, 0.25) is 5.91 Å². The summed E-state index contributed by atoms with van der Waals surface area (Å²) < 4.78 is 10.8. The van der Waals surface area contributed by atoms with E-state index in [1.54, 1.807) is 14.2 Å². The van der Waals surface area contributed by atoms with Gasteiger partial charge in [-0.05, 0) is 48.4 Å². The Morgan fingerprint density at radius 3 is 2.70 bits per heavy atom. The zero-order valence-corrected chi connectivity index (χ0v) is 13.7. The van der Waals surface area contributed by atoms with Crippen molar-refractivity contribution in [1.82, 2.24) is 4.90 Å². The summed E-state index contributed by atoms with van der Waals surface area (Å²) in [6.45, 7) is 0.745. The molecule has 1 saturated heterocycles. The Kier molecular flexibility index (Phi) is 4.42. The van der Waals surface area contributed by atoms with E-state index < -0.39 is 0 Å². The summed E-state index contributed by atoms with van der Waals surface area (Å²) in [6, 6.07) is 6.35. The van der Waals surface area contributed by atoms with Crippen molar-refractivity contribution in [3.8, 4) is 17.6 Å². The van der Waals surface area contributed by atoms with Gasteiger partial charge in [0.25, 0.3) is 0 Å². The number of hydrogen-bond acceptors (Lipinski definition) is 4. The Bertz CT molecular complexity index is 650. The molecule has 2 aliphatic heterocycles. The highest BCUT2D eigenvalue weighted by Gasteiger charge is 2.40. The molecule has 0 radical (unpaired) electrons. The molecule has 0 spiro atoms. The summed E-state index contributed by atoms with van der Waals surface area (Å²) in [5.74, 6) is 1.99. The predicted octanol–water partition coefficient (Wildman–Crippen LogP) is 2.84. The van der Waals surface area contributed by atoms with Gasteiger partial charge in [0.1, 0.15) is 0 Å². The van der Waals surface area contributed by atoms with Crippen LogP contribution in [0.3, 0.4) is 0 Å². The Balaban J connectivity index is 2.03. The number of ether oxygens (including phenoxy) is 2. The number of piperidine rings is 1. The molecule has 2 aliphatic rings. The lowest BCUT2D eigenvalue weighted by atomic mass is 9.77. The van der Waals surface area contributed by atoms with Crippen LogP contribution in [0.25, 0.3) is 0 Å². The first-order chi connectivity index (χ1) is 11.2. The molecule has 5 heteroatoms. The van der Waals surface area contributed by atoms with Crippen LogP contribution in [0.5, 0.6) is 11.5 Å². The molecular weight excluding hydrogens is 292 g/mol. The van der Waals surface area contributed by atoms with Crippen LogP contribution in [0.1, 0.15) is 42.9 Å². The van der Waals surface area contributed by atoms with E-state index in [4.69, 9.17) is 14.7 Å². The molecule has 1 amide bonds. The third-order valence-corrected chi connectivity index (χ3v) is 5.04. The van der Waals surface area contributed by atoms with Gasteiger partial charge < -0.3 is 14.4 Å². The minimum Gasteiger partial charge on any atom is -0.493 e. The van der Waals surface area contributed by atoms with Crippen LogP contribution in [0.15, 0.2) is 12.1 Å². The summed E-state index contributed by atoms with van der Waals surface area (Å²) in [5, 5.41) is 8.92. The molecular formula is C18H22N2O3. The van der Waals surface area contributed by atoms with Crippen molar-refractivity contribution in [2.75, 3.05) is 20.8 Å². The van der Waals surface area contributed by atoms with Crippen molar-refractivity contribution < 1.29 is 14.3 Å². The summed E-state index contributed by atoms with van der Waals surface area (Å²) in [4.78, 5) is 14.3. The molecule has 1 aromatic carbocycles. The maximum atomic E-state index is 12.3. The zero-order valence-electron chi connectivity index (χ0n) is 13.7. The average molecular weight is 314 g/mol. The molecule has 2 heterocycles. The monoisotopic (exact) mass is 314 g/mol. The summed E-state index contributed by atoms with van der Waals surface area (Å²) in [6.07, 6.45) is 3.65. The van der Waals surface area contributed by atoms with Gasteiger partial charge in [0.15, 0.2) is 11.5 Å². The molecule has 0 saturated carbocycles. The molecule has 0 aromatic heterocycles. The molecule has 2 atom stereocenters.